The number of aromatic nitrogens is 3. The summed E-state index contributed by atoms with van der Waals surface area (Å²) in [6.07, 6.45) is 3.96. The molecule has 0 saturated carbocycles. The first-order valence-electron chi connectivity index (χ1n) is 8.17. The summed E-state index contributed by atoms with van der Waals surface area (Å²) in [5.41, 5.74) is 3.34. The lowest BCUT2D eigenvalue weighted by atomic mass is 10.0. The lowest BCUT2D eigenvalue weighted by Gasteiger charge is -2.17. The Hall–Kier alpha value is -2.99. The van der Waals surface area contributed by atoms with Crippen LogP contribution in [0.2, 0.25) is 0 Å². The molecule has 2 N–H and O–H groups in total. The number of carbonyl (C=O) groups is 1. The number of aliphatic hydroxyl groups is 1. The minimum atomic E-state index is -0.451. The zero-order valence-electron chi connectivity index (χ0n) is 14.0. The van der Waals surface area contributed by atoms with Crippen molar-refractivity contribution in [3.63, 3.8) is 0 Å². The highest BCUT2D eigenvalue weighted by Gasteiger charge is 2.15. The molecule has 1 amide bonds. The predicted molar refractivity (Wildman–Crippen MR) is 94.5 cm³/mol. The van der Waals surface area contributed by atoms with Gasteiger partial charge in [-0.2, -0.15) is 5.10 Å². The molecule has 1 aromatic heterocycles. The lowest BCUT2D eigenvalue weighted by molar-refractivity contribution is 0.0916. The van der Waals surface area contributed by atoms with E-state index in [9.17, 15) is 9.90 Å². The minimum Gasteiger partial charge on any atom is -0.394 e. The van der Waals surface area contributed by atoms with Crippen LogP contribution in [-0.2, 0) is 6.42 Å². The molecule has 0 radical (unpaired) electrons. The van der Waals surface area contributed by atoms with Crippen molar-refractivity contribution >= 4 is 5.91 Å². The van der Waals surface area contributed by atoms with Gasteiger partial charge in [-0.15, -0.1) is 0 Å². The van der Waals surface area contributed by atoms with Crippen molar-refractivity contribution in [3.05, 3.63) is 77.9 Å². The van der Waals surface area contributed by atoms with Crippen molar-refractivity contribution in [1.82, 2.24) is 20.1 Å². The van der Waals surface area contributed by atoms with Crippen LogP contribution in [0.5, 0.6) is 0 Å². The highest BCUT2D eigenvalue weighted by molar-refractivity contribution is 5.95. The number of benzene rings is 2. The number of nitrogens with one attached hydrogen (secondary N) is 1. The summed E-state index contributed by atoms with van der Waals surface area (Å²) < 4.78 is 1.59. The van der Waals surface area contributed by atoms with E-state index in [1.165, 1.54) is 11.9 Å². The summed E-state index contributed by atoms with van der Waals surface area (Å²) in [5.74, 6) is -0.249. The van der Waals surface area contributed by atoms with Crippen LogP contribution in [0.15, 0.2) is 61.2 Å². The zero-order valence-corrected chi connectivity index (χ0v) is 14.0. The SMILES string of the molecule is CCc1ccc(C(CO)NC(=O)c2cccc(-n3cncn3)c2)cc1. The molecule has 6 nitrogen and oxygen atoms in total. The lowest BCUT2D eigenvalue weighted by Crippen LogP contribution is -2.30. The molecular weight excluding hydrogens is 316 g/mol. The van der Waals surface area contributed by atoms with Crippen LogP contribution in [0.3, 0.4) is 0 Å². The summed E-state index contributed by atoms with van der Waals surface area (Å²) in [6, 6.07) is 14.5. The van der Waals surface area contributed by atoms with Gasteiger partial charge in [-0.25, -0.2) is 9.67 Å². The van der Waals surface area contributed by atoms with Crippen molar-refractivity contribution in [2.75, 3.05) is 6.61 Å². The van der Waals surface area contributed by atoms with E-state index in [1.807, 2.05) is 30.3 Å². The number of nitrogens with zero attached hydrogens (tertiary/aromatic N) is 3. The largest absolute Gasteiger partial charge is 0.394 e. The van der Waals surface area contributed by atoms with Crippen molar-refractivity contribution in [1.29, 1.82) is 0 Å². The molecule has 0 aliphatic heterocycles. The Morgan fingerprint density at radius 3 is 2.68 bits per heavy atom. The van der Waals surface area contributed by atoms with Gasteiger partial charge in [0.2, 0.25) is 0 Å². The van der Waals surface area contributed by atoms with Gasteiger partial charge in [0.15, 0.2) is 0 Å². The van der Waals surface area contributed by atoms with Crippen LogP contribution in [-0.4, -0.2) is 32.4 Å². The molecule has 1 atom stereocenters. The van der Waals surface area contributed by atoms with Crippen molar-refractivity contribution < 1.29 is 9.90 Å². The Balaban J connectivity index is 1.77. The fourth-order valence-electron chi connectivity index (χ4n) is 2.59. The molecule has 0 aliphatic rings. The number of hydrogen-bond acceptors (Lipinski definition) is 4. The first-order valence-corrected chi connectivity index (χ1v) is 8.17. The third kappa shape index (κ3) is 3.92. The van der Waals surface area contributed by atoms with E-state index in [0.717, 1.165) is 17.7 Å². The molecule has 0 spiro atoms. The summed E-state index contributed by atoms with van der Waals surface area (Å²) in [5, 5.41) is 16.6. The van der Waals surface area contributed by atoms with E-state index in [-0.39, 0.29) is 12.5 Å². The van der Waals surface area contributed by atoms with Crippen molar-refractivity contribution in [3.8, 4) is 5.69 Å². The average Bonchev–Trinajstić information content (AvgIpc) is 3.21. The average molecular weight is 336 g/mol. The highest BCUT2D eigenvalue weighted by atomic mass is 16.3. The standard InChI is InChI=1S/C19H20N4O2/c1-2-14-6-8-15(9-7-14)18(11-24)22-19(25)16-4-3-5-17(10-16)23-13-20-12-21-23/h3-10,12-13,18,24H,2,11H2,1H3,(H,22,25). The Bertz CT molecular complexity index is 829. The quantitative estimate of drug-likeness (QED) is 0.724. The fourth-order valence-corrected chi connectivity index (χ4v) is 2.59. The van der Waals surface area contributed by atoms with Crippen LogP contribution in [0.1, 0.15) is 34.5 Å². The van der Waals surface area contributed by atoms with Crippen molar-refractivity contribution in [2.24, 2.45) is 0 Å². The van der Waals surface area contributed by atoms with Gasteiger partial charge in [0.25, 0.3) is 5.91 Å². The van der Waals surface area contributed by atoms with Gasteiger partial charge in [-0.1, -0.05) is 37.3 Å². The van der Waals surface area contributed by atoms with E-state index in [1.54, 1.807) is 29.2 Å². The van der Waals surface area contributed by atoms with Crippen LogP contribution in [0.25, 0.3) is 5.69 Å². The second kappa shape index (κ2) is 7.72. The van der Waals surface area contributed by atoms with E-state index < -0.39 is 6.04 Å². The van der Waals surface area contributed by atoms with E-state index >= 15 is 0 Å². The van der Waals surface area contributed by atoms with E-state index in [0.29, 0.717) is 5.56 Å². The molecule has 0 bridgehead atoms. The summed E-state index contributed by atoms with van der Waals surface area (Å²) >= 11 is 0. The van der Waals surface area contributed by atoms with Crippen LogP contribution < -0.4 is 5.32 Å². The maximum absolute atomic E-state index is 12.6. The van der Waals surface area contributed by atoms with Crippen LogP contribution in [0, 0.1) is 0 Å². The second-order valence-electron chi connectivity index (χ2n) is 5.69. The van der Waals surface area contributed by atoms with Crippen LogP contribution >= 0.6 is 0 Å². The third-order valence-electron chi connectivity index (χ3n) is 4.07. The zero-order chi connectivity index (χ0) is 17.6. The predicted octanol–water partition coefficient (Wildman–Crippen LogP) is 2.29. The minimum absolute atomic E-state index is 0.167. The molecule has 128 valence electrons. The van der Waals surface area contributed by atoms with Gasteiger partial charge in [0.1, 0.15) is 12.7 Å². The molecule has 0 aliphatic carbocycles. The fraction of sp³-hybridized carbons (Fsp3) is 0.211. The number of carbonyl (C=O) groups excluding carboxylic acids is 1. The molecule has 2 aromatic carbocycles. The molecule has 25 heavy (non-hydrogen) atoms. The number of aliphatic hydroxyl groups excluding tert-OH is 1. The number of rotatable bonds is 6. The smallest absolute Gasteiger partial charge is 0.251 e. The van der Waals surface area contributed by atoms with Crippen LogP contribution in [0.4, 0.5) is 0 Å². The van der Waals surface area contributed by atoms with Gasteiger partial charge < -0.3 is 10.4 Å². The highest BCUT2D eigenvalue weighted by Crippen LogP contribution is 2.16. The normalized spacial score (nSPS) is 11.9. The van der Waals surface area contributed by atoms with E-state index in [2.05, 4.69) is 22.3 Å². The topological polar surface area (TPSA) is 80.0 Å². The van der Waals surface area contributed by atoms with E-state index in [4.69, 9.17) is 0 Å². The Kier molecular flexibility index (Phi) is 5.20. The molecule has 1 unspecified atom stereocenters. The molecule has 0 fully saturated rings. The Morgan fingerprint density at radius 1 is 1.24 bits per heavy atom. The maximum Gasteiger partial charge on any atom is 0.251 e. The molecule has 3 aromatic rings. The molecular formula is C19H20N4O2. The first kappa shape index (κ1) is 16.9. The molecule has 0 saturated heterocycles. The maximum atomic E-state index is 12.6. The van der Waals surface area contributed by atoms with Gasteiger partial charge in [-0.05, 0) is 35.7 Å². The number of amides is 1. The Morgan fingerprint density at radius 2 is 2.04 bits per heavy atom. The summed E-state index contributed by atoms with van der Waals surface area (Å²) in [7, 11) is 0. The van der Waals surface area contributed by atoms with Gasteiger partial charge in [0, 0.05) is 5.56 Å². The van der Waals surface area contributed by atoms with Gasteiger partial charge >= 0.3 is 0 Å². The van der Waals surface area contributed by atoms with Gasteiger partial charge in [0.05, 0.1) is 18.3 Å². The molecule has 3 rings (SSSR count). The van der Waals surface area contributed by atoms with Gasteiger partial charge in [-0.3, -0.25) is 4.79 Å². The summed E-state index contributed by atoms with van der Waals surface area (Å²) in [4.78, 5) is 16.5. The molecule has 6 heteroatoms. The van der Waals surface area contributed by atoms with Crippen molar-refractivity contribution in [2.45, 2.75) is 19.4 Å². The second-order valence-corrected chi connectivity index (χ2v) is 5.69. The molecule has 1 heterocycles. The Labute approximate surface area is 146 Å². The summed E-state index contributed by atoms with van der Waals surface area (Å²) in [6.45, 7) is 1.92. The number of hydrogen-bond donors (Lipinski definition) is 2. The third-order valence-corrected chi connectivity index (χ3v) is 4.07. The monoisotopic (exact) mass is 336 g/mol. The first-order chi connectivity index (χ1) is 12.2. The number of aryl methyl sites for hydroxylation is 1.